The van der Waals surface area contributed by atoms with Gasteiger partial charge in [0.25, 0.3) is 5.91 Å². The van der Waals surface area contributed by atoms with E-state index in [2.05, 4.69) is 29.8 Å². The van der Waals surface area contributed by atoms with Crippen molar-refractivity contribution in [3.8, 4) is 0 Å². The summed E-state index contributed by atoms with van der Waals surface area (Å²) in [6.45, 7) is 5.05. The first-order valence-electron chi connectivity index (χ1n) is 5.89. The first-order valence-corrected chi connectivity index (χ1v) is 8.11. The third kappa shape index (κ3) is 2.70. The minimum absolute atomic E-state index is 0.0287. The Labute approximate surface area is 125 Å². The van der Waals surface area contributed by atoms with Crippen LogP contribution in [0.25, 0.3) is 0 Å². The molecule has 0 aliphatic carbocycles. The lowest BCUT2D eigenvalue weighted by atomic mass is 10.1. The van der Waals surface area contributed by atoms with Crippen molar-refractivity contribution in [3.63, 3.8) is 0 Å². The highest BCUT2D eigenvalue weighted by atomic mass is 79.9. The van der Waals surface area contributed by atoms with E-state index in [9.17, 15) is 4.79 Å². The highest BCUT2D eigenvalue weighted by molar-refractivity contribution is 9.10. The van der Waals surface area contributed by atoms with E-state index in [-0.39, 0.29) is 11.9 Å². The first-order chi connectivity index (χ1) is 8.52. The fraction of sp³-hybridized carbons (Fsp3) is 0.462. The standard InChI is InChI=1S/C13H15BrClNOS/c1-8-9(2)18-7-6-16(8)13(17)10-4-3-5-11(14)12(10)15/h3-5,8-9H,6-7H2,1-2H3. The Morgan fingerprint density at radius 3 is 2.94 bits per heavy atom. The van der Waals surface area contributed by atoms with Crippen LogP contribution >= 0.6 is 39.3 Å². The minimum atomic E-state index is 0.0287. The molecule has 18 heavy (non-hydrogen) atoms. The second-order valence-electron chi connectivity index (χ2n) is 4.42. The molecule has 1 heterocycles. The van der Waals surface area contributed by atoms with Crippen molar-refractivity contribution in [3.05, 3.63) is 33.3 Å². The predicted molar refractivity (Wildman–Crippen MR) is 81.6 cm³/mol. The third-order valence-corrected chi connectivity index (χ3v) is 5.96. The summed E-state index contributed by atoms with van der Waals surface area (Å²) in [7, 11) is 0. The smallest absolute Gasteiger partial charge is 0.255 e. The number of amides is 1. The Kier molecular flexibility index (Phi) is 4.62. The molecular weight excluding hydrogens is 334 g/mol. The predicted octanol–water partition coefficient (Wildman–Crippen LogP) is 4.07. The van der Waals surface area contributed by atoms with Crippen LogP contribution in [0.4, 0.5) is 0 Å². The Balaban J connectivity index is 2.28. The summed E-state index contributed by atoms with van der Waals surface area (Å²) in [5.41, 5.74) is 0.581. The van der Waals surface area contributed by atoms with Crippen LogP contribution in [-0.4, -0.2) is 34.4 Å². The maximum atomic E-state index is 12.5. The number of carbonyl (C=O) groups is 1. The number of rotatable bonds is 1. The molecule has 1 saturated heterocycles. The summed E-state index contributed by atoms with van der Waals surface area (Å²) >= 11 is 11.5. The van der Waals surface area contributed by atoms with E-state index in [1.807, 2.05) is 28.8 Å². The number of carbonyl (C=O) groups excluding carboxylic acids is 1. The molecule has 1 aliphatic rings. The van der Waals surface area contributed by atoms with Gasteiger partial charge < -0.3 is 4.90 Å². The molecule has 0 spiro atoms. The van der Waals surface area contributed by atoms with E-state index >= 15 is 0 Å². The first kappa shape index (κ1) is 14.2. The molecule has 1 aromatic rings. The van der Waals surface area contributed by atoms with Crippen LogP contribution in [0.15, 0.2) is 22.7 Å². The molecule has 2 rings (SSSR count). The normalized spacial score (nSPS) is 24.1. The summed E-state index contributed by atoms with van der Waals surface area (Å²) in [5.74, 6) is 1.02. The minimum Gasteiger partial charge on any atom is -0.334 e. The van der Waals surface area contributed by atoms with E-state index in [1.165, 1.54) is 0 Å². The van der Waals surface area contributed by atoms with Crippen molar-refractivity contribution in [1.29, 1.82) is 0 Å². The van der Waals surface area contributed by atoms with Gasteiger partial charge in [-0.1, -0.05) is 24.6 Å². The molecule has 2 nitrogen and oxygen atoms in total. The SMILES string of the molecule is CC1SCCN(C(=O)c2cccc(Br)c2Cl)C1C. The van der Waals surface area contributed by atoms with Gasteiger partial charge in [-0.15, -0.1) is 0 Å². The number of benzene rings is 1. The average molecular weight is 349 g/mol. The van der Waals surface area contributed by atoms with Gasteiger partial charge in [-0.3, -0.25) is 4.79 Å². The monoisotopic (exact) mass is 347 g/mol. The Hall–Kier alpha value is -0.190. The highest BCUT2D eigenvalue weighted by Crippen LogP contribution is 2.30. The van der Waals surface area contributed by atoms with Crippen LogP contribution in [-0.2, 0) is 0 Å². The Morgan fingerprint density at radius 2 is 2.22 bits per heavy atom. The Morgan fingerprint density at radius 1 is 1.50 bits per heavy atom. The lowest BCUT2D eigenvalue weighted by Gasteiger charge is -2.37. The molecule has 1 aromatic carbocycles. The fourth-order valence-electron chi connectivity index (χ4n) is 2.04. The molecule has 1 amide bonds. The molecule has 0 N–H and O–H groups in total. The molecule has 0 bridgehead atoms. The van der Waals surface area contributed by atoms with Crippen LogP contribution in [0, 0.1) is 0 Å². The van der Waals surface area contributed by atoms with Crippen molar-refractivity contribution in [2.75, 3.05) is 12.3 Å². The van der Waals surface area contributed by atoms with Gasteiger partial charge in [-0.05, 0) is 35.0 Å². The van der Waals surface area contributed by atoms with Gasteiger partial charge in [0.05, 0.1) is 10.6 Å². The maximum absolute atomic E-state index is 12.5. The summed E-state index contributed by atoms with van der Waals surface area (Å²) in [5, 5.41) is 0.967. The van der Waals surface area contributed by atoms with Gasteiger partial charge in [0, 0.05) is 28.1 Å². The van der Waals surface area contributed by atoms with Gasteiger partial charge in [-0.25, -0.2) is 0 Å². The number of hydrogen-bond acceptors (Lipinski definition) is 2. The number of halogens is 2. The fourth-order valence-corrected chi connectivity index (χ4v) is 3.72. The largest absolute Gasteiger partial charge is 0.334 e. The zero-order valence-electron chi connectivity index (χ0n) is 10.3. The zero-order chi connectivity index (χ0) is 13.3. The second-order valence-corrected chi connectivity index (χ2v) is 7.13. The van der Waals surface area contributed by atoms with Gasteiger partial charge >= 0.3 is 0 Å². The topological polar surface area (TPSA) is 20.3 Å². The van der Waals surface area contributed by atoms with E-state index < -0.39 is 0 Å². The molecular formula is C13H15BrClNOS. The van der Waals surface area contributed by atoms with Crippen LogP contribution in [0.5, 0.6) is 0 Å². The van der Waals surface area contributed by atoms with Crippen molar-refractivity contribution in [2.45, 2.75) is 25.1 Å². The quantitative estimate of drug-likeness (QED) is 0.762. The van der Waals surface area contributed by atoms with Crippen molar-refractivity contribution in [1.82, 2.24) is 4.90 Å². The summed E-state index contributed by atoms with van der Waals surface area (Å²) in [6.07, 6.45) is 0. The van der Waals surface area contributed by atoms with Crippen LogP contribution in [0.2, 0.25) is 5.02 Å². The molecule has 1 aliphatic heterocycles. The Bertz CT molecular complexity index is 468. The molecule has 1 fully saturated rings. The van der Waals surface area contributed by atoms with Crippen LogP contribution in [0.3, 0.4) is 0 Å². The molecule has 0 radical (unpaired) electrons. The molecule has 2 atom stereocenters. The third-order valence-electron chi connectivity index (χ3n) is 3.33. The number of nitrogens with zero attached hydrogens (tertiary/aromatic N) is 1. The maximum Gasteiger partial charge on any atom is 0.255 e. The van der Waals surface area contributed by atoms with Crippen molar-refractivity contribution >= 4 is 45.2 Å². The van der Waals surface area contributed by atoms with E-state index in [4.69, 9.17) is 11.6 Å². The number of thioether (sulfide) groups is 1. The summed E-state index contributed by atoms with van der Waals surface area (Å²) < 4.78 is 0.766. The second kappa shape index (κ2) is 5.85. The molecule has 2 unspecified atom stereocenters. The molecule has 5 heteroatoms. The molecule has 0 saturated carbocycles. The van der Waals surface area contributed by atoms with Crippen molar-refractivity contribution < 1.29 is 4.79 Å². The van der Waals surface area contributed by atoms with Gasteiger partial charge in [0.15, 0.2) is 0 Å². The lowest BCUT2D eigenvalue weighted by molar-refractivity contribution is 0.0698. The zero-order valence-corrected chi connectivity index (χ0v) is 13.5. The average Bonchev–Trinajstić information content (AvgIpc) is 2.35. The summed E-state index contributed by atoms with van der Waals surface area (Å²) in [4.78, 5) is 14.5. The number of hydrogen-bond donors (Lipinski definition) is 0. The van der Waals surface area contributed by atoms with Crippen LogP contribution < -0.4 is 0 Å². The highest BCUT2D eigenvalue weighted by Gasteiger charge is 2.30. The van der Waals surface area contributed by atoms with Gasteiger partial charge in [-0.2, -0.15) is 11.8 Å². The van der Waals surface area contributed by atoms with E-state index in [1.54, 1.807) is 6.07 Å². The van der Waals surface area contributed by atoms with Crippen molar-refractivity contribution in [2.24, 2.45) is 0 Å². The van der Waals surface area contributed by atoms with Gasteiger partial charge in [0.2, 0.25) is 0 Å². The molecule has 98 valence electrons. The van der Waals surface area contributed by atoms with E-state index in [0.29, 0.717) is 15.8 Å². The summed E-state index contributed by atoms with van der Waals surface area (Å²) in [6, 6.07) is 5.72. The van der Waals surface area contributed by atoms with Crippen LogP contribution in [0.1, 0.15) is 24.2 Å². The molecule has 0 aromatic heterocycles. The van der Waals surface area contributed by atoms with Gasteiger partial charge in [0.1, 0.15) is 0 Å². The van der Waals surface area contributed by atoms with E-state index in [0.717, 1.165) is 16.8 Å². The lowest BCUT2D eigenvalue weighted by Crippen LogP contribution is -2.48.